The Labute approximate surface area is 116 Å². The van der Waals surface area contributed by atoms with Gasteiger partial charge in [-0.3, -0.25) is 0 Å². The third-order valence-corrected chi connectivity index (χ3v) is 4.89. The molecule has 0 spiro atoms. The molecule has 0 saturated carbocycles. The number of carbonyl (C=O) groups excluding carboxylic acids is 1. The molecule has 1 aromatic carbocycles. The summed E-state index contributed by atoms with van der Waals surface area (Å²) in [5.74, 6) is -0.880. The molecule has 0 fully saturated rings. The summed E-state index contributed by atoms with van der Waals surface area (Å²) in [5, 5.41) is 3.22. The second-order valence-electron chi connectivity index (χ2n) is 3.92. The Morgan fingerprint density at radius 1 is 1.42 bits per heavy atom. The molecule has 0 radical (unpaired) electrons. The molecule has 102 valence electrons. The molecule has 0 saturated heterocycles. The van der Waals surface area contributed by atoms with Crippen molar-refractivity contribution in [2.24, 2.45) is 0 Å². The van der Waals surface area contributed by atoms with Gasteiger partial charge < -0.3 is 10.1 Å². The van der Waals surface area contributed by atoms with E-state index in [2.05, 4.69) is 10.1 Å². The second kappa shape index (κ2) is 4.86. The fraction of sp³-hybridized carbons (Fsp3) is 0.250. The van der Waals surface area contributed by atoms with Gasteiger partial charge in [-0.05, 0) is 24.6 Å². The average Bonchev–Trinajstić information content (AvgIpc) is 2.38. The predicted molar refractivity (Wildman–Crippen MR) is 71.6 cm³/mol. The van der Waals surface area contributed by atoms with Crippen LogP contribution in [0.3, 0.4) is 0 Å². The van der Waals surface area contributed by atoms with Crippen LogP contribution in [0, 0.1) is 0 Å². The lowest BCUT2D eigenvalue weighted by molar-refractivity contribution is -0.135. The fourth-order valence-electron chi connectivity index (χ4n) is 1.89. The van der Waals surface area contributed by atoms with E-state index in [-0.39, 0.29) is 14.8 Å². The van der Waals surface area contributed by atoms with Crippen molar-refractivity contribution >= 4 is 33.1 Å². The SMILES string of the molecule is CCC1=C(C(=O)OC)S(=O)(=O)c2cc(Cl)ccc2N1. The summed E-state index contributed by atoms with van der Waals surface area (Å²) in [6.07, 6.45) is 0.367. The normalized spacial score (nSPS) is 16.6. The zero-order chi connectivity index (χ0) is 14.2. The molecule has 0 unspecified atom stereocenters. The molecule has 5 nitrogen and oxygen atoms in total. The zero-order valence-electron chi connectivity index (χ0n) is 10.4. The third kappa shape index (κ3) is 2.21. The van der Waals surface area contributed by atoms with Crippen LogP contribution in [-0.2, 0) is 19.4 Å². The first-order valence-corrected chi connectivity index (χ1v) is 7.41. The molecule has 1 aliphatic heterocycles. The summed E-state index contributed by atoms with van der Waals surface area (Å²) in [4.78, 5) is 11.3. The molecule has 7 heteroatoms. The second-order valence-corrected chi connectivity index (χ2v) is 6.21. The number of hydrogen-bond donors (Lipinski definition) is 1. The van der Waals surface area contributed by atoms with Crippen molar-refractivity contribution in [2.45, 2.75) is 18.2 Å². The number of hydrogen-bond acceptors (Lipinski definition) is 5. The number of rotatable bonds is 2. The van der Waals surface area contributed by atoms with E-state index in [0.29, 0.717) is 17.8 Å². The molecule has 2 rings (SSSR count). The van der Waals surface area contributed by atoms with Gasteiger partial charge in [-0.2, -0.15) is 0 Å². The summed E-state index contributed by atoms with van der Waals surface area (Å²) < 4.78 is 29.5. The van der Waals surface area contributed by atoms with Crippen LogP contribution in [0.4, 0.5) is 5.69 Å². The minimum atomic E-state index is -3.92. The number of fused-ring (bicyclic) bond motifs is 1. The van der Waals surface area contributed by atoms with Crippen molar-refractivity contribution in [3.63, 3.8) is 0 Å². The Kier molecular flexibility index (Phi) is 3.56. The van der Waals surface area contributed by atoms with E-state index in [1.165, 1.54) is 6.07 Å². The number of sulfone groups is 1. The number of allylic oxidation sites excluding steroid dienone is 1. The molecular weight excluding hydrogens is 290 g/mol. The van der Waals surface area contributed by atoms with Crippen LogP contribution in [0.25, 0.3) is 0 Å². The van der Waals surface area contributed by atoms with Gasteiger partial charge in [0.1, 0.15) is 0 Å². The van der Waals surface area contributed by atoms with Crippen molar-refractivity contribution in [1.82, 2.24) is 0 Å². The van der Waals surface area contributed by atoms with Gasteiger partial charge in [0.25, 0.3) is 0 Å². The van der Waals surface area contributed by atoms with Crippen LogP contribution in [0.5, 0.6) is 0 Å². The van der Waals surface area contributed by atoms with Gasteiger partial charge in [0, 0.05) is 10.7 Å². The highest BCUT2D eigenvalue weighted by Gasteiger charge is 2.36. The molecule has 0 amide bonds. The Balaban J connectivity index is 2.73. The van der Waals surface area contributed by atoms with Crippen LogP contribution in [-0.4, -0.2) is 21.5 Å². The van der Waals surface area contributed by atoms with Gasteiger partial charge in [-0.25, -0.2) is 13.2 Å². The summed E-state index contributed by atoms with van der Waals surface area (Å²) in [6, 6.07) is 4.47. The molecule has 1 heterocycles. The number of esters is 1. The third-order valence-electron chi connectivity index (χ3n) is 2.79. The number of benzene rings is 1. The van der Waals surface area contributed by atoms with E-state index < -0.39 is 15.8 Å². The fourth-order valence-corrected chi connectivity index (χ4v) is 3.86. The number of carbonyl (C=O) groups is 1. The molecule has 1 N–H and O–H groups in total. The predicted octanol–water partition coefficient (Wildman–Crippen LogP) is 2.33. The van der Waals surface area contributed by atoms with Gasteiger partial charge in [0.2, 0.25) is 9.84 Å². The summed E-state index contributed by atoms with van der Waals surface area (Å²) >= 11 is 5.81. The first-order chi connectivity index (χ1) is 8.91. The van der Waals surface area contributed by atoms with E-state index in [9.17, 15) is 13.2 Å². The number of nitrogens with one attached hydrogen (secondary N) is 1. The standard InChI is InChI=1S/C12H12ClNO4S/c1-3-8-11(12(15)18-2)19(16,17)10-6-7(13)4-5-9(10)14-8/h4-6,14H,3H2,1-2H3. The highest BCUT2D eigenvalue weighted by atomic mass is 35.5. The van der Waals surface area contributed by atoms with Crippen LogP contribution >= 0.6 is 11.6 Å². The van der Waals surface area contributed by atoms with Crippen molar-refractivity contribution in [3.05, 3.63) is 33.8 Å². The monoisotopic (exact) mass is 301 g/mol. The highest BCUT2D eigenvalue weighted by Crippen LogP contribution is 2.37. The molecule has 1 aromatic rings. The van der Waals surface area contributed by atoms with Gasteiger partial charge in [0.05, 0.1) is 17.7 Å². The van der Waals surface area contributed by atoms with Crippen LogP contribution in [0.15, 0.2) is 33.7 Å². The van der Waals surface area contributed by atoms with Crippen molar-refractivity contribution < 1.29 is 17.9 Å². The molecule has 0 atom stereocenters. The van der Waals surface area contributed by atoms with E-state index in [0.717, 1.165) is 7.11 Å². The first kappa shape index (κ1) is 13.9. The number of anilines is 1. The minimum absolute atomic E-state index is 0.0161. The lowest BCUT2D eigenvalue weighted by atomic mass is 10.2. The lowest BCUT2D eigenvalue weighted by Gasteiger charge is -2.23. The van der Waals surface area contributed by atoms with Crippen molar-refractivity contribution in [1.29, 1.82) is 0 Å². The Morgan fingerprint density at radius 2 is 2.11 bits per heavy atom. The van der Waals surface area contributed by atoms with E-state index in [4.69, 9.17) is 11.6 Å². The largest absolute Gasteiger partial charge is 0.465 e. The number of methoxy groups -OCH3 is 1. The minimum Gasteiger partial charge on any atom is -0.465 e. The summed E-state index contributed by atoms with van der Waals surface area (Å²) in [7, 11) is -2.78. The molecule has 0 bridgehead atoms. The van der Waals surface area contributed by atoms with Crippen LogP contribution < -0.4 is 5.32 Å². The van der Waals surface area contributed by atoms with E-state index in [1.807, 2.05) is 0 Å². The highest BCUT2D eigenvalue weighted by molar-refractivity contribution is 7.96. The Bertz CT molecular complexity index is 679. The van der Waals surface area contributed by atoms with Crippen LogP contribution in [0.1, 0.15) is 13.3 Å². The van der Waals surface area contributed by atoms with E-state index >= 15 is 0 Å². The number of ether oxygens (including phenoxy) is 1. The van der Waals surface area contributed by atoms with Gasteiger partial charge in [-0.15, -0.1) is 0 Å². The summed E-state index contributed by atoms with van der Waals surface area (Å²) in [6.45, 7) is 1.75. The topological polar surface area (TPSA) is 72.5 Å². The number of halogens is 1. The molecule has 0 aliphatic carbocycles. The Hall–Kier alpha value is -1.53. The molecule has 19 heavy (non-hydrogen) atoms. The average molecular weight is 302 g/mol. The van der Waals surface area contributed by atoms with Gasteiger partial charge in [0.15, 0.2) is 4.91 Å². The van der Waals surface area contributed by atoms with Gasteiger partial charge in [-0.1, -0.05) is 18.5 Å². The maximum Gasteiger partial charge on any atom is 0.351 e. The summed E-state index contributed by atoms with van der Waals surface area (Å²) in [5.41, 5.74) is 0.732. The smallest absolute Gasteiger partial charge is 0.351 e. The maximum absolute atomic E-state index is 12.5. The first-order valence-electron chi connectivity index (χ1n) is 5.55. The lowest BCUT2D eigenvalue weighted by Crippen LogP contribution is -2.25. The van der Waals surface area contributed by atoms with Gasteiger partial charge >= 0.3 is 5.97 Å². The molecular formula is C12H12ClNO4S. The Morgan fingerprint density at radius 3 is 2.68 bits per heavy atom. The zero-order valence-corrected chi connectivity index (χ0v) is 11.9. The van der Waals surface area contributed by atoms with Crippen molar-refractivity contribution in [3.8, 4) is 0 Å². The quantitative estimate of drug-likeness (QED) is 0.849. The maximum atomic E-state index is 12.5. The van der Waals surface area contributed by atoms with Crippen LogP contribution in [0.2, 0.25) is 5.02 Å². The molecule has 1 aliphatic rings. The van der Waals surface area contributed by atoms with Crippen molar-refractivity contribution in [2.75, 3.05) is 12.4 Å². The van der Waals surface area contributed by atoms with E-state index in [1.54, 1.807) is 19.1 Å². The molecule has 0 aromatic heterocycles.